The Balaban J connectivity index is 0.000000240. The van der Waals surface area contributed by atoms with Crippen molar-refractivity contribution in [3.05, 3.63) is 0 Å². The Bertz CT molecular complexity index is 503. The van der Waals surface area contributed by atoms with Gasteiger partial charge in [0.1, 0.15) is 11.1 Å². The Labute approximate surface area is 137 Å². The Morgan fingerprint density at radius 2 is 1.00 bits per heavy atom. The molecule has 0 heterocycles. The van der Waals surface area contributed by atoms with E-state index >= 15 is 0 Å². The van der Waals surface area contributed by atoms with E-state index in [4.69, 9.17) is 31.9 Å². The first-order chi connectivity index (χ1) is 10.9. The van der Waals surface area contributed by atoms with Gasteiger partial charge in [0, 0.05) is 0 Å². The van der Waals surface area contributed by atoms with Crippen LogP contribution >= 0.6 is 0 Å². The van der Waals surface area contributed by atoms with Crippen molar-refractivity contribution in [2.45, 2.75) is 49.6 Å². The molecule has 0 spiro atoms. The van der Waals surface area contributed by atoms with Crippen LogP contribution in [0.4, 0.5) is 0 Å². The monoisotopic (exact) mass is 346 g/mol. The molecule has 10 nitrogen and oxygen atoms in total. The molecular weight excluding hydrogens is 324 g/mol. The van der Waals surface area contributed by atoms with Crippen molar-refractivity contribution in [1.29, 1.82) is 0 Å². The molecule has 2 aliphatic carbocycles. The molecule has 0 bridgehead atoms. The molecule has 0 aliphatic heterocycles. The number of carbonyl (C=O) groups is 4. The highest BCUT2D eigenvalue weighted by Gasteiger charge is 2.45. The third kappa shape index (κ3) is 4.42. The molecule has 0 unspecified atom stereocenters. The van der Waals surface area contributed by atoms with E-state index in [2.05, 4.69) is 0 Å². The smallest absolute Gasteiger partial charge is 0.323 e. The molecule has 0 amide bonds. The lowest BCUT2D eigenvalue weighted by molar-refractivity contribution is -0.146. The van der Waals surface area contributed by atoms with Gasteiger partial charge in [0.05, 0.1) is 11.8 Å². The summed E-state index contributed by atoms with van der Waals surface area (Å²) >= 11 is 0. The molecule has 2 rings (SSSR count). The number of nitrogens with two attached hydrogens (primary N) is 2. The first-order valence-electron chi connectivity index (χ1n) is 7.41. The minimum atomic E-state index is -1.32. The largest absolute Gasteiger partial charge is 0.481 e. The maximum atomic E-state index is 10.6. The fourth-order valence-electron chi connectivity index (χ4n) is 2.96. The third-order valence-electron chi connectivity index (χ3n) is 4.65. The predicted octanol–water partition coefficient (Wildman–Crippen LogP) is -0.694. The average molecular weight is 346 g/mol. The van der Waals surface area contributed by atoms with Crippen LogP contribution in [0.1, 0.15) is 38.5 Å². The van der Waals surface area contributed by atoms with Gasteiger partial charge in [-0.2, -0.15) is 0 Å². The molecule has 8 N–H and O–H groups in total. The van der Waals surface area contributed by atoms with E-state index in [1.54, 1.807) is 0 Å². The molecule has 10 heteroatoms. The van der Waals surface area contributed by atoms with Crippen molar-refractivity contribution in [2.75, 3.05) is 0 Å². The molecular formula is C14H22N2O8. The summed E-state index contributed by atoms with van der Waals surface area (Å²) in [6.07, 6.45) is 1.30. The highest BCUT2D eigenvalue weighted by molar-refractivity contribution is 5.82. The van der Waals surface area contributed by atoms with E-state index in [1.165, 1.54) is 0 Å². The van der Waals surface area contributed by atoms with Crippen molar-refractivity contribution in [2.24, 2.45) is 23.3 Å². The topological polar surface area (TPSA) is 201 Å². The van der Waals surface area contributed by atoms with Gasteiger partial charge in [-0.05, 0) is 38.5 Å². The molecule has 2 fully saturated rings. The molecule has 0 aromatic carbocycles. The summed E-state index contributed by atoms with van der Waals surface area (Å²) in [6.45, 7) is 0. The lowest BCUT2D eigenvalue weighted by atomic mass is 9.98. The quantitative estimate of drug-likeness (QED) is 0.378. The maximum Gasteiger partial charge on any atom is 0.323 e. The maximum absolute atomic E-state index is 10.6. The van der Waals surface area contributed by atoms with Gasteiger partial charge in [0.25, 0.3) is 0 Å². The normalized spacial score (nSPS) is 34.9. The van der Waals surface area contributed by atoms with Crippen LogP contribution in [0, 0.1) is 11.8 Å². The summed E-state index contributed by atoms with van der Waals surface area (Å²) in [7, 11) is 0. The van der Waals surface area contributed by atoms with Crippen LogP contribution in [-0.2, 0) is 19.2 Å². The van der Waals surface area contributed by atoms with Crippen LogP contribution in [0.25, 0.3) is 0 Å². The van der Waals surface area contributed by atoms with Crippen LogP contribution in [0.5, 0.6) is 0 Å². The zero-order valence-corrected chi connectivity index (χ0v) is 13.0. The van der Waals surface area contributed by atoms with Gasteiger partial charge in [0.15, 0.2) is 0 Å². The van der Waals surface area contributed by atoms with Gasteiger partial charge in [-0.1, -0.05) is 0 Å². The van der Waals surface area contributed by atoms with E-state index in [9.17, 15) is 19.2 Å². The first kappa shape index (κ1) is 19.8. The summed E-state index contributed by atoms with van der Waals surface area (Å²) in [5, 5.41) is 34.5. The predicted molar refractivity (Wildman–Crippen MR) is 79.1 cm³/mol. The molecule has 0 radical (unpaired) electrons. The standard InChI is InChI=1S/2C7H11NO4/c2*8-7(6(11)12)2-1-4(3-7)5(9)10/h2*4H,1-3,8H2,(H,9,10)(H,11,12)/t2*4-,7+/m10/s1. The summed E-state index contributed by atoms with van der Waals surface area (Å²) in [6, 6.07) is 0. The molecule has 136 valence electrons. The van der Waals surface area contributed by atoms with Crippen LogP contribution in [0.3, 0.4) is 0 Å². The molecule has 4 atom stereocenters. The summed E-state index contributed by atoms with van der Waals surface area (Å²) < 4.78 is 0. The Morgan fingerprint density at radius 1 is 0.708 bits per heavy atom. The van der Waals surface area contributed by atoms with Gasteiger partial charge < -0.3 is 31.9 Å². The fourth-order valence-corrected chi connectivity index (χ4v) is 2.96. The van der Waals surface area contributed by atoms with Crippen molar-refractivity contribution in [1.82, 2.24) is 0 Å². The summed E-state index contributed by atoms with van der Waals surface area (Å²) in [5.74, 6) is -5.30. The zero-order chi connectivity index (χ0) is 18.7. The first-order valence-corrected chi connectivity index (χ1v) is 7.41. The Morgan fingerprint density at radius 3 is 1.12 bits per heavy atom. The van der Waals surface area contributed by atoms with E-state index in [0.29, 0.717) is 12.8 Å². The lowest BCUT2D eigenvalue weighted by Gasteiger charge is -2.16. The minimum Gasteiger partial charge on any atom is -0.481 e. The molecule has 0 aromatic heterocycles. The van der Waals surface area contributed by atoms with Crippen molar-refractivity contribution in [3.8, 4) is 0 Å². The summed E-state index contributed by atoms with van der Waals surface area (Å²) in [4.78, 5) is 42.1. The fraction of sp³-hybridized carbons (Fsp3) is 0.714. The number of hydrogen-bond donors (Lipinski definition) is 6. The van der Waals surface area contributed by atoms with Gasteiger partial charge in [-0.25, -0.2) is 0 Å². The highest BCUT2D eigenvalue weighted by atomic mass is 16.4. The van der Waals surface area contributed by atoms with Gasteiger partial charge >= 0.3 is 23.9 Å². The molecule has 0 saturated heterocycles. The van der Waals surface area contributed by atoms with Gasteiger partial charge in [-0.15, -0.1) is 0 Å². The molecule has 24 heavy (non-hydrogen) atoms. The Kier molecular flexibility index (Phi) is 5.90. The number of aliphatic carboxylic acids is 4. The van der Waals surface area contributed by atoms with E-state index in [1.807, 2.05) is 0 Å². The second-order valence-electron chi connectivity index (χ2n) is 6.48. The van der Waals surface area contributed by atoms with E-state index in [0.717, 1.165) is 0 Å². The third-order valence-corrected chi connectivity index (χ3v) is 4.65. The average Bonchev–Trinajstić information content (AvgIpc) is 3.05. The van der Waals surface area contributed by atoms with Crippen LogP contribution in [0.15, 0.2) is 0 Å². The van der Waals surface area contributed by atoms with Crippen molar-refractivity contribution < 1.29 is 39.6 Å². The highest BCUT2D eigenvalue weighted by Crippen LogP contribution is 2.33. The lowest BCUT2D eigenvalue weighted by Crippen LogP contribution is -2.45. The van der Waals surface area contributed by atoms with Crippen LogP contribution in [0.2, 0.25) is 0 Å². The van der Waals surface area contributed by atoms with Crippen LogP contribution in [-0.4, -0.2) is 55.4 Å². The van der Waals surface area contributed by atoms with Gasteiger partial charge in [-0.3, -0.25) is 19.2 Å². The zero-order valence-electron chi connectivity index (χ0n) is 13.0. The minimum absolute atomic E-state index is 0.0394. The Hall–Kier alpha value is -2.20. The molecule has 2 aliphatic rings. The summed E-state index contributed by atoms with van der Waals surface area (Å²) in [5.41, 5.74) is 8.30. The van der Waals surface area contributed by atoms with Crippen molar-refractivity contribution in [3.63, 3.8) is 0 Å². The molecule has 2 saturated carbocycles. The second kappa shape index (κ2) is 7.14. The van der Waals surface area contributed by atoms with E-state index < -0.39 is 46.8 Å². The number of hydrogen-bond acceptors (Lipinski definition) is 6. The number of carboxylic acids is 4. The van der Waals surface area contributed by atoms with Crippen molar-refractivity contribution >= 4 is 23.9 Å². The SMILES string of the molecule is N[C@@]1(C(=O)O)CC[C@@H](C(=O)O)C1.N[C@]1(C(=O)O)CC[C@H](C(=O)O)C1. The second-order valence-corrected chi connectivity index (χ2v) is 6.48. The van der Waals surface area contributed by atoms with E-state index in [-0.39, 0.29) is 25.7 Å². The van der Waals surface area contributed by atoms with Gasteiger partial charge in [0.2, 0.25) is 0 Å². The number of rotatable bonds is 4. The number of carboxylic acid groups (broad SMARTS) is 4. The van der Waals surface area contributed by atoms with Crippen LogP contribution < -0.4 is 11.5 Å². The molecule has 0 aromatic rings.